The van der Waals surface area contributed by atoms with Crippen LogP contribution in [0.3, 0.4) is 0 Å². The topological polar surface area (TPSA) is 86.7 Å². The lowest BCUT2D eigenvalue weighted by Crippen LogP contribution is -2.58. The second kappa shape index (κ2) is 9.68. The third kappa shape index (κ3) is 4.62. The number of thioether (sulfide) groups is 1. The number of ketones is 1. The maximum Gasteiger partial charge on any atom is 0.303 e. The molecule has 0 radical (unpaired) electrons. The lowest BCUT2D eigenvalue weighted by Gasteiger charge is -2.61. The fourth-order valence-electron chi connectivity index (χ4n) is 8.41. The molecule has 194 valence electrons. The zero-order chi connectivity index (χ0) is 25.6. The molecule has 0 N–H and O–H groups in total. The molecular formula is C28H40O6S. The molecule has 6 nitrogen and oxygen atoms in total. The molecule has 0 unspecified atom stereocenters. The number of rotatable bonds is 6. The van der Waals surface area contributed by atoms with Crippen LogP contribution < -0.4 is 0 Å². The molecule has 3 saturated carbocycles. The van der Waals surface area contributed by atoms with Crippen LogP contribution in [0.2, 0.25) is 0 Å². The molecule has 7 atom stereocenters. The van der Waals surface area contributed by atoms with Gasteiger partial charge in [-0.2, -0.15) is 0 Å². The van der Waals surface area contributed by atoms with Crippen LogP contribution in [0.5, 0.6) is 0 Å². The van der Waals surface area contributed by atoms with Crippen molar-refractivity contribution in [2.24, 2.45) is 28.6 Å². The van der Waals surface area contributed by atoms with Crippen molar-refractivity contribution in [1.82, 2.24) is 0 Å². The molecule has 0 heterocycles. The Hall–Kier alpha value is -1.63. The van der Waals surface area contributed by atoms with Gasteiger partial charge in [-0.1, -0.05) is 31.2 Å². The smallest absolute Gasteiger partial charge is 0.303 e. The number of fused-ring (bicyclic) bond motifs is 5. The summed E-state index contributed by atoms with van der Waals surface area (Å²) in [5, 5.41) is 0.263. The molecule has 0 saturated heterocycles. The third-order valence-corrected chi connectivity index (χ3v) is 11.1. The van der Waals surface area contributed by atoms with Crippen molar-refractivity contribution in [3.05, 3.63) is 11.6 Å². The van der Waals surface area contributed by atoms with Gasteiger partial charge < -0.3 is 9.47 Å². The summed E-state index contributed by atoms with van der Waals surface area (Å²) in [6.45, 7) is 9.50. The van der Waals surface area contributed by atoms with E-state index in [9.17, 15) is 19.2 Å². The van der Waals surface area contributed by atoms with E-state index in [1.807, 2.05) is 6.08 Å². The predicted molar refractivity (Wildman–Crippen MR) is 135 cm³/mol. The lowest BCUT2D eigenvalue weighted by atomic mass is 9.46. The van der Waals surface area contributed by atoms with Crippen LogP contribution in [-0.4, -0.2) is 40.3 Å². The van der Waals surface area contributed by atoms with Crippen LogP contribution in [0.15, 0.2) is 11.6 Å². The van der Waals surface area contributed by atoms with Crippen LogP contribution in [0, 0.1) is 28.6 Å². The Balaban J connectivity index is 1.69. The Morgan fingerprint density at radius 3 is 2.40 bits per heavy atom. The summed E-state index contributed by atoms with van der Waals surface area (Å²) in [4.78, 5) is 48.2. The Morgan fingerprint density at radius 2 is 1.74 bits per heavy atom. The number of ether oxygens (including phenoxy) is 2. The quantitative estimate of drug-likeness (QED) is 0.352. The fourth-order valence-corrected chi connectivity index (χ4v) is 9.63. The summed E-state index contributed by atoms with van der Waals surface area (Å²) in [7, 11) is 0. The Morgan fingerprint density at radius 1 is 1.03 bits per heavy atom. The molecule has 0 aromatic rings. The van der Waals surface area contributed by atoms with Crippen molar-refractivity contribution in [2.45, 2.75) is 103 Å². The first-order chi connectivity index (χ1) is 16.4. The van der Waals surface area contributed by atoms with Crippen molar-refractivity contribution in [3.8, 4) is 0 Å². The number of carbonyl (C=O) groups excluding carboxylic acids is 4. The number of esters is 2. The normalized spacial score (nSPS) is 40.1. The van der Waals surface area contributed by atoms with E-state index in [1.54, 1.807) is 6.92 Å². The molecule has 7 heteroatoms. The molecule has 0 amide bonds. The van der Waals surface area contributed by atoms with Crippen LogP contribution in [0.25, 0.3) is 0 Å². The van der Waals surface area contributed by atoms with Crippen LogP contribution in [-0.2, 0) is 28.7 Å². The van der Waals surface area contributed by atoms with Crippen LogP contribution in [0.1, 0.15) is 92.4 Å². The van der Waals surface area contributed by atoms with Gasteiger partial charge in [-0.25, -0.2) is 0 Å². The standard InChI is InChI=1S/C28H40O6S/c1-17(29)33-14-6-10-28(34-18(2)30)13-9-23-25-22(8-12-27(23,28)5)26(4)11-7-21(32)15-20(26)16-24(25)35-19(3)31/h15,22-25H,6-14,16H2,1-5H3/t22-,23-,24+,25+,26-,27-,28-/m0/s1. The fraction of sp³-hybridized carbons (Fsp3) is 0.786. The van der Waals surface area contributed by atoms with E-state index < -0.39 is 5.60 Å². The van der Waals surface area contributed by atoms with E-state index in [0.29, 0.717) is 43.6 Å². The van der Waals surface area contributed by atoms with E-state index in [-0.39, 0.29) is 38.9 Å². The van der Waals surface area contributed by atoms with Crippen molar-refractivity contribution >= 4 is 34.6 Å². The maximum atomic E-state index is 12.3. The van der Waals surface area contributed by atoms with Gasteiger partial charge in [-0.3, -0.25) is 19.2 Å². The van der Waals surface area contributed by atoms with Gasteiger partial charge in [-0.15, -0.1) is 0 Å². The van der Waals surface area contributed by atoms with Crippen LogP contribution in [0.4, 0.5) is 0 Å². The maximum absolute atomic E-state index is 12.3. The van der Waals surface area contributed by atoms with E-state index >= 15 is 0 Å². The summed E-state index contributed by atoms with van der Waals surface area (Å²) >= 11 is 1.45. The number of allylic oxidation sites excluding steroid dienone is 1. The van der Waals surface area contributed by atoms with Crippen LogP contribution >= 0.6 is 11.8 Å². The molecule has 0 spiro atoms. The monoisotopic (exact) mass is 504 g/mol. The number of hydrogen-bond acceptors (Lipinski definition) is 7. The second-order valence-corrected chi connectivity index (χ2v) is 13.1. The average Bonchev–Trinajstić information content (AvgIpc) is 3.03. The van der Waals surface area contributed by atoms with Crippen molar-refractivity contribution in [1.29, 1.82) is 0 Å². The molecule has 3 fully saturated rings. The van der Waals surface area contributed by atoms with Crippen molar-refractivity contribution in [3.63, 3.8) is 0 Å². The molecular weight excluding hydrogens is 464 g/mol. The minimum absolute atomic E-state index is 0.00420. The molecule has 35 heavy (non-hydrogen) atoms. The highest BCUT2D eigenvalue weighted by atomic mass is 32.2. The second-order valence-electron chi connectivity index (χ2n) is 11.7. The summed E-state index contributed by atoms with van der Waals surface area (Å²) in [6.07, 6.45) is 9.19. The van der Waals surface area contributed by atoms with E-state index in [0.717, 1.165) is 38.5 Å². The Bertz CT molecular complexity index is 942. The summed E-state index contributed by atoms with van der Waals surface area (Å²) < 4.78 is 11.4. The first-order valence-corrected chi connectivity index (χ1v) is 14.0. The average molecular weight is 505 g/mol. The summed E-state index contributed by atoms with van der Waals surface area (Å²) in [5.74, 6) is 0.746. The Kier molecular flexibility index (Phi) is 7.31. The van der Waals surface area contributed by atoms with Crippen molar-refractivity contribution < 1.29 is 28.7 Å². The lowest BCUT2D eigenvalue weighted by molar-refractivity contribution is -0.184. The zero-order valence-electron chi connectivity index (χ0n) is 21.8. The van der Waals surface area contributed by atoms with E-state index in [1.165, 1.54) is 31.2 Å². The van der Waals surface area contributed by atoms with Gasteiger partial charge in [0.05, 0.1) is 6.61 Å². The molecule has 0 aromatic heterocycles. The molecule has 4 rings (SSSR count). The highest BCUT2D eigenvalue weighted by molar-refractivity contribution is 8.14. The van der Waals surface area contributed by atoms with Gasteiger partial charge in [0.25, 0.3) is 0 Å². The van der Waals surface area contributed by atoms with Crippen molar-refractivity contribution in [2.75, 3.05) is 6.61 Å². The zero-order valence-corrected chi connectivity index (χ0v) is 22.6. The van der Waals surface area contributed by atoms with Gasteiger partial charge >= 0.3 is 11.9 Å². The first kappa shape index (κ1) is 26.4. The summed E-state index contributed by atoms with van der Waals surface area (Å²) in [6, 6.07) is 0. The van der Waals surface area contributed by atoms with E-state index in [2.05, 4.69) is 13.8 Å². The molecule has 4 aliphatic carbocycles. The van der Waals surface area contributed by atoms with E-state index in [4.69, 9.17) is 9.47 Å². The molecule has 0 aromatic carbocycles. The molecule has 0 bridgehead atoms. The number of carbonyl (C=O) groups is 4. The van der Waals surface area contributed by atoms with Gasteiger partial charge in [0.15, 0.2) is 10.9 Å². The molecule has 4 aliphatic rings. The highest BCUT2D eigenvalue weighted by Gasteiger charge is 2.67. The molecule has 0 aliphatic heterocycles. The largest absolute Gasteiger partial charge is 0.466 e. The van der Waals surface area contributed by atoms with Gasteiger partial charge in [0, 0.05) is 37.9 Å². The summed E-state index contributed by atoms with van der Waals surface area (Å²) in [5.41, 5.74) is 0.450. The van der Waals surface area contributed by atoms with Gasteiger partial charge in [0.1, 0.15) is 5.60 Å². The third-order valence-electron chi connectivity index (χ3n) is 9.94. The van der Waals surface area contributed by atoms with Gasteiger partial charge in [-0.05, 0) is 80.6 Å². The minimum Gasteiger partial charge on any atom is -0.466 e. The SMILES string of the molecule is CC(=O)OCCC[C@]1(OC(C)=O)CC[C@H]2[C@@H]3[C@H](SC(C)=O)CC4=CC(=O)CC[C@]4(C)[C@H]3CC[C@@]21C. The van der Waals surface area contributed by atoms with Gasteiger partial charge in [0.2, 0.25) is 0 Å². The predicted octanol–water partition coefficient (Wildman–Crippen LogP) is 5.42. The highest BCUT2D eigenvalue weighted by Crippen LogP contribution is 2.70. The minimum atomic E-state index is -0.584. The number of hydrogen-bond donors (Lipinski definition) is 0. The first-order valence-electron chi connectivity index (χ1n) is 13.2. The Labute approximate surface area is 213 Å².